The Morgan fingerprint density at radius 2 is 1.56 bits per heavy atom. The Labute approximate surface area is 277 Å². The van der Waals surface area contributed by atoms with Crippen LogP contribution in [0.15, 0.2) is 41.4 Å². The lowest BCUT2D eigenvalue weighted by Gasteiger charge is -2.35. The predicted molar refractivity (Wildman–Crippen MR) is 170 cm³/mol. The summed E-state index contributed by atoms with van der Waals surface area (Å²) in [5.74, 6) is -2.80. The number of rotatable bonds is 6. The molecule has 0 bridgehead atoms. The number of aliphatic imine (C=N–C) groups is 1. The standard InChI is InChI=1S/C33H40F3N3O8S/c1-20-16-22(27(41)46-30(2,3)4)9-8-21(20)10-15-48(44,45)38-13-11-32(12-14-38)28(42)39(29(43)47-31(5,6)7)26(37-32)23-17-24(33(34,35)36)19-25(40)18-23/h8-9,16-19,40H,10-15H2,1-7H3. The molecule has 2 aliphatic heterocycles. The first-order valence-corrected chi connectivity index (χ1v) is 16.9. The largest absolute Gasteiger partial charge is 0.508 e. The Kier molecular flexibility index (Phi) is 9.83. The van der Waals surface area contributed by atoms with E-state index in [-0.39, 0.29) is 43.7 Å². The summed E-state index contributed by atoms with van der Waals surface area (Å²) in [6.07, 6.45) is -6.16. The minimum Gasteiger partial charge on any atom is -0.508 e. The summed E-state index contributed by atoms with van der Waals surface area (Å²) in [5, 5.41) is 10.1. The summed E-state index contributed by atoms with van der Waals surface area (Å²) in [6, 6.07) is 7.04. The average molecular weight is 696 g/mol. The lowest BCUT2D eigenvalue weighted by molar-refractivity contribution is -0.137. The second kappa shape index (κ2) is 12.8. The summed E-state index contributed by atoms with van der Waals surface area (Å²) in [5.41, 5.74) is -3.15. The Bertz CT molecular complexity index is 1750. The van der Waals surface area contributed by atoms with E-state index in [1.165, 1.54) is 4.31 Å². The number of alkyl halides is 3. The van der Waals surface area contributed by atoms with Crippen molar-refractivity contribution in [3.8, 4) is 5.75 Å². The number of amides is 2. The number of hydrogen-bond acceptors (Lipinski definition) is 9. The number of ether oxygens (including phenoxy) is 2. The Balaban J connectivity index is 1.54. The third-order valence-electron chi connectivity index (χ3n) is 7.76. The van der Waals surface area contributed by atoms with Gasteiger partial charge in [-0.1, -0.05) is 6.07 Å². The second-order valence-electron chi connectivity index (χ2n) is 14.0. The molecular formula is C33H40F3N3O8S. The number of benzene rings is 2. The molecule has 1 saturated heterocycles. The number of sulfonamides is 1. The topological polar surface area (TPSA) is 143 Å². The summed E-state index contributed by atoms with van der Waals surface area (Å²) in [6.45, 7) is 11.4. The first kappa shape index (κ1) is 36.8. The van der Waals surface area contributed by atoms with Gasteiger partial charge in [-0.25, -0.2) is 22.3 Å². The first-order valence-electron chi connectivity index (χ1n) is 15.3. The number of phenolic OH excluding ortho intramolecular Hbond substituents is 1. The Morgan fingerprint density at radius 3 is 2.10 bits per heavy atom. The van der Waals surface area contributed by atoms with Gasteiger partial charge in [-0.3, -0.25) is 9.79 Å². The number of carbonyl (C=O) groups excluding carboxylic acids is 3. The molecule has 262 valence electrons. The maximum absolute atomic E-state index is 13.8. The normalized spacial score (nSPS) is 17.4. The van der Waals surface area contributed by atoms with Crippen LogP contribution in [0, 0.1) is 6.92 Å². The van der Waals surface area contributed by atoms with Crippen LogP contribution >= 0.6 is 0 Å². The highest BCUT2D eigenvalue weighted by atomic mass is 32.2. The molecule has 48 heavy (non-hydrogen) atoms. The van der Waals surface area contributed by atoms with Gasteiger partial charge in [0.25, 0.3) is 5.91 Å². The molecule has 11 nitrogen and oxygen atoms in total. The van der Waals surface area contributed by atoms with Crippen molar-refractivity contribution in [2.24, 2.45) is 4.99 Å². The molecule has 0 unspecified atom stereocenters. The highest BCUT2D eigenvalue weighted by molar-refractivity contribution is 7.89. The fourth-order valence-electron chi connectivity index (χ4n) is 5.45. The third kappa shape index (κ3) is 8.35. The number of hydrogen-bond donors (Lipinski definition) is 1. The molecule has 2 heterocycles. The molecule has 15 heteroatoms. The van der Waals surface area contributed by atoms with E-state index >= 15 is 0 Å². The van der Waals surface area contributed by atoms with Gasteiger partial charge in [0.15, 0.2) is 0 Å². The third-order valence-corrected chi connectivity index (χ3v) is 9.63. The van der Waals surface area contributed by atoms with Crippen molar-refractivity contribution in [3.05, 3.63) is 64.2 Å². The lowest BCUT2D eigenvalue weighted by Crippen LogP contribution is -2.53. The monoisotopic (exact) mass is 695 g/mol. The summed E-state index contributed by atoms with van der Waals surface area (Å²) in [4.78, 5) is 44.5. The fraction of sp³-hybridized carbons (Fsp3) is 0.515. The molecule has 0 aromatic heterocycles. The molecule has 2 aliphatic rings. The van der Waals surface area contributed by atoms with Crippen molar-refractivity contribution in [1.29, 1.82) is 0 Å². The number of imide groups is 1. The van der Waals surface area contributed by atoms with E-state index < -0.39 is 68.1 Å². The molecule has 4 rings (SSSR count). The van der Waals surface area contributed by atoms with Crippen LogP contribution in [-0.2, 0) is 36.9 Å². The van der Waals surface area contributed by atoms with Crippen molar-refractivity contribution >= 4 is 33.8 Å². The fourth-order valence-corrected chi connectivity index (χ4v) is 6.92. The molecule has 2 aromatic rings. The van der Waals surface area contributed by atoms with Gasteiger partial charge in [0, 0.05) is 18.7 Å². The van der Waals surface area contributed by atoms with Crippen LogP contribution < -0.4 is 0 Å². The van der Waals surface area contributed by atoms with E-state index in [2.05, 4.69) is 4.99 Å². The number of amidine groups is 1. The van der Waals surface area contributed by atoms with Crippen LogP contribution in [0.5, 0.6) is 5.75 Å². The number of carbonyl (C=O) groups is 3. The number of piperidine rings is 1. The van der Waals surface area contributed by atoms with Crippen molar-refractivity contribution in [2.75, 3.05) is 18.8 Å². The van der Waals surface area contributed by atoms with Crippen LogP contribution in [0.3, 0.4) is 0 Å². The second-order valence-corrected chi connectivity index (χ2v) is 16.1. The highest BCUT2D eigenvalue weighted by Gasteiger charge is 2.54. The predicted octanol–water partition coefficient (Wildman–Crippen LogP) is 5.61. The number of phenols is 1. The SMILES string of the molecule is Cc1cc(C(=O)OC(C)(C)C)ccc1CCS(=O)(=O)N1CCC2(CC1)N=C(c1cc(O)cc(C(F)(F)F)c1)N(C(=O)OC(C)(C)C)C2=O. The van der Waals surface area contributed by atoms with E-state index in [0.717, 1.165) is 11.6 Å². The molecule has 0 radical (unpaired) electrons. The van der Waals surface area contributed by atoms with Crippen molar-refractivity contribution in [2.45, 2.75) is 90.6 Å². The number of nitrogens with zero attached hydrogens (tertiary/aromatic N) is 3. The molecule has 0 atom stereocenters. The maximum atomic E-state index is 13.8. The summed E-state index contributed by atoms with van der Waals surface area (Å²) in [7, 11) is -3.84. The summed E-state index contributed by atoms with van der Waals surface area (Å²) >= 11 is 0. The van der Waals surface area contributed by atoms with Gasteiger partial charge in [-0.05, 0) is 109 Å². The average Bonchev–Trinajstić information content (AvgIpc) is 3.21. The Hall–Kier alpha value is -3.98. The summed E-state index contributed by atoms with van der Waals surface area (Å²) < 4.78 is 79.5. The first-order chi connectivity index (χ1) is 21.9. The van der Waals surface area contributed by atoms with Gasteiger partial charge in [-0.2, -0.15) is 18.1 Å². The smallest absolute Gasteiger partial charge is 0.423 e. The lowest BCUT2D eigenvalue weighted by atomic mass is 9.88. The molecule has 2 amide bonds. The maximum Gasteiger partial charge on any atom is 0.423 e. The molecule has 0 aliphatic carbocycles. The zero-order valence-electron chi connectivity index (χ0n) is 27.9. The van der Waals surface area contributed by atoms with E-state index in [4.69, 9.17) is 9.47 Å². The highest BCUT2D eigenvalue weighted by Crippen LogP contribution is 2.39. The zero-order chi connectivity index (χ0) is 36.0. The van der Waals surface area contributed by atoms with Gasteiger partial charge < -0.3 is 14.6 Å². The number of halogens is 3. The minimum absolute atomic E-state index is 0.141. The van der Waals surface area contributed by atoms with Crippen LogP contribution in [-0.4, -0.2) is 82.1 Å². The van der Waals surface area contributed by atoms with Gasteiger partial charge in [0.05, 0.1) is 16.9 Å². The van der Waals surface area contributed by atoms with Crippen LogP contribution in [0.4, 0.5) is 18.0 Å². The van der Waals surface area contributed by atoms with Crippen LogP contribution in [0.25, 0.3) is 0 Å². The molecule has 0 saturated carbocycles. The number of esters is 1. The van der Waals surface area contributed by atoms with E-state index in [9.17, 15) is 41.1 Å². The Morgan fingerprint density at radius 1 is 0.958 bits per heavy atom. The molecule has 1 spiro atoms. The van der Waals surface area contributed by atoms with Gasteiger partial charge in [0.1, 0.15) is 28.3 Å². The quantitative estimate of drug-likeness (QED) is 0.385. The van der Waals surface area contributed by atoms with E-state index in [1.807, 2.05) is 0 Å². The minimum atomic E-state index is -4.84. The molecule has 1 fully saturated rings. The number of aromatic hydroxyl groups is 1. The van der Waals surface area contributed by atoms with Crippen molar-refractivity contribution in [3.63, 3.8) is 0 Å². The molecule has 2 aromatic carbocycles. The molecular weight excluding hydrogens is 655 g/mol. The van der Waals surface area contributed by atoms with E-state index in [0.29, 0.717) is 28.2 Å². The van der Waals surface area contributed by atoms with Gasteiger partial charge in [-0.15, -0.1) is 0 Å². The molecule has 1 N–H and O–H groups in total. The van der Waals surface area contributed by atoms with Crippen LogP contribution in [0.2, 0.25) is 0 Å². The van der Waals surface area contributed by atoms with Gasteiger partial charge >= 0.3 is 18.2 Å². The van der Waals surface area contributed by atoms with Gasteiger partial charge in [0.2, 0.25) is 10.0 Å². The van der Waals surface area contributed by atoms with Crippen molar-refractivity contribution in [1.82, 2.24) is 9.21 Å². The number of aryl methyl sites for hydroxylation is 2. The zero-order valence-corrected chi connectivity index (χ0v) is 28.7. The van der Waals surface area contributed by atoms with Crippen molar-refractivity contribution < 1.29 is 50.6 Å². The van der Waals surface area contributed by atoms with E-state index in [1.54, 1.807) is 66.7 Å². The van der Waals surface area contributed by atoms with Crippen LogP contribution in [0.1, 0.15) is 87.0 Å².